The van der Waals surface area contributed by atoms with Crippen molar-refractivity contribution < 1.29 is 0 Å². The van der Waals surface area contributed by atoms with Gasteiger partial charge in [-0.15, -0.1) is 6.42 Å². The maximum atomic E-state index is 5.33. The van der Waals surface area contributed by atoms with Gasteiger partial charge in [0.25, 0.3) is 0 Å². The van der Waals surface area contributed by atoms with E-state index in [0.717, 1.165) is 22.5 Å². The molecule has 2 nitrogen and oxygen atoms in total. The van der Waals surface area contributed by atoms with E-state index >= 15 is 0 Å². The Bertz CT molecular complexity index is 566. The summed E-state index contributed by atoms with van der Waals surface area (Å²) in [5, 5.41) is 0. The van der Waals surface area contributed by atoms with Gasteiger partial charge >= 0.3 is 0 Å². The van der Waals surface area contributed by atoms with E-state index in [0.29, 0.717) is 0 Å². The number of hydrogen-bond donors (Lipinski definition) is 0. The highest BCUT2D eigenvalue weighted by Gasteiger charge is 2.14. The second-order valence-electron chi connectivity index (χ2n) is 5.27. The lowest BCUT2D eigenvalue weighted by atomic mass is 9.89. The van der Waals surface area contributed by atoms with Crippen LogP contribution in [-0.2, 0) is 5.41 Å². The molecule has 2 aromatic rings. The molecule has 1 aromatic heterocycles. The molecule has 90 valence electrons. The summed E-state index contributed by atoms with van der Waals surface area (Å²) in [6.45, 7) is 6.44. The maximum absolute atomic E-state index is 5.33. The minimum atomic E-state index is 0.0753. The number of hydrogen-bond acceptors (Lipinski definition) is 2. The highest BCUT2D eigenvalue weighted by molar-refractivity contribution is 5.56. The van der Waals surface area contributed by atoms with Gasteiger partial charge in [-0.1, -0.05) is 26.7 Å². The van der Waals surface area contributed by atoms with Crippen LogP contribution in [0.15, 0.2) is 36.7 Å². The quantitative estimate of drug-likeness (QED) is 0.709. The first-order valence-electron chi connectivity index (χ1n) is 5.90. The van der Waals surface area contributed by atoms with E-state index in [-0.39, 0.29) is 5.41 Å². The van der Waals surface area contributed by atoms with Crippen LogP contribution >= 0.6 is 0 Å². The predicted molar refractivity (Wildman–Crippen MR) is 74.1 cm³/mol. The first-order chi connectivity index (χ1) is 8.50. The fourth-order valence-corrected chi connectivity index (χ4v) is 1.58. The van der Waals surface area contributed by atoms with Gasteiger partial charge in [-0.05, 0) is 35.2 Å². The summed E-state index contributed by atoms with van der Waals surface area (Å²) in [7, 11) is 0. The van der Waals surface area contributed by atoms with Crippen LogP contribution in [-0.4, -0.2) is 9.97 Å². The standard InChI is InChI=1S/C16H16N2/c1-5-12-6-8-13(9-7-12)15-17-10-14(11-18-15)16(2,3)4/h1,6-11H,2-4H3. The molecular formula is C16H16N2. The summed E-state index contributed by atoms with van der Waals surface area (Å²) in [4.78, 5) is 8.82. The second-order valence-corrected chi connectivity index (χ2v) is 5.27. The molecule has 0 spiro atoms. The summed E-state index contributed by atoms with van der Waals surface area (Å²) < 4.78 is 0. The molecule has 0 aliphatic carbocycles. The van der Waals surface area contributed by atoms with Crippen molar-refractivity contribution in [2.45, 2.75) is 26.2 Å². The van der Waals surface area contributed by atoms with Crippen molar-refractivity contribution in [1.82, 2.24) is 9.97 Å². The van der Waals surface area contributed by atoms with Crippen molar-refractivity contribution in [2.75, 3.05) is 0 Å². The van der Waals surface area contributed by atoms with E-state index in [1.807, 2.05) is 36.7 Å². The average molecular weight is 236 g/mol. The summed E-state index contributed by atoms with van der Waals surface area (Å²) in [5.74, 6) is 3.32. The van der Waals surface area contributed by atoms with Gasteiger partial charge in [0.15, 0.2) is 5.82 Å². The Morgan fingerprint density at radius 2 is 1.56 bits per heavy atom. The first-order valence-corrected chi connectivity index (χ1v) is 5.90. The lowest BCUT2D eigenvalue weighted by molar-refractivity contribution is 0.584. The predicted octanol–water partition coefficient (Wildman–Crippen LogP) is 3.42. The normalized spacial score (nSPS) is 11.0. The van der Waals surface area contributed by atoms with Crippen LogP contribution in [0.2, 0.25) is 0 Å². The maximum Gasteiger partial charge on any atom is 0.159 e. The molecule has 0 fully saturated rings. The van der Waals surface area contributed by atoms with Crippen LogP contribution in [0.5, 0.6) is 0 Å². The van der Waals surface area contributed by atoms with Gasteiger partial charge < -0.3 is 0 Å². The Hall–Kier alpha value is -2.14. The molecule has 0 radical (unpaired) electrons. The van der Waals surface area contributed by atoms with Crippen LogP contribution in [0.1, 0.15) is 31.9 Å². The molecule has 0 amide bonds. The summed E-state index contributed by atoms with van der Waals surface area (Å²) in [5.41, 5.74) is 3.05. The number of terminal acetylenes is 1. The third-order valence-electron chi connectivity index (χ3n) is 2.83. The van der Waals surface area contributed by atoms with E-state index < -0.39 is 0 Å². The Balaban J connectivity index is 2.32. The Kier molecular flexibility index (Phi) is 3.16. The van der Waals surface area contributed by atoms with Crippen molar-refractivity contribution in [3.05, 3.63) is 47.8 Å². The first kappa shape index (κ1) is 12.3. The van der Waals surface area contributed by atoms with E-state index in [2.05, 4.69) is 36.7 Å². The lowest BCUT2D eigenvalue weighted by Crippen LogP contribution is -2.12. The number of aromatic nitrogens is 2. The van der Waals surface area contributed by atoms with Crippen molar-refractivity contribution in [2.24, 2.45) is 0 Å². The Morgan fingerprint density at radius 1 is 1.00 bits per heavy atom. The molecule has 18 heavy (non-hydrogen) atoms. The van der Waals surface area contributed by atoms with E-state index in [4.69, 9.17) is 6.42 Å². The van der Waals surface area contributed by atoms with E-state index in [1.54, 1.807) is 0 Å². The minimum absolute atomic E-state index is 0.0753. The molecule has 0 aliphatic rings. The number of rotatable bonds is 1. The third kappa shape index (κ3) is 2.57. The fourth-order valence-electron chi connectivity index (χ4n) is 1.58. The van der Waals surface area contributed by atoms with Crippen LogP contribution in [0.3, 0.4) is 0 Å². The van der Waals surface area contributed by atoms with Gasteiger partial charge in [0.1, 0.15) is 0 Å². The van der Waals surface area contributed by atoms with Crippen molar-refractivity contribution in [3.63, 3.8) is 0 Å². The Morgan fingerprint density at radius 3 is 2.00 bits per heavy atom. The zero-order valence-electron chi connectivity index (χ0n) is 10.9. The molecule has 0 saturated heterocycles. The van der Waals surface area contributed by atoms with Crippen LogP contribution in [0, 0.1) is 12.3 Å². The second kappa shape index (κ2) is 4.62. The minimum Gasteiger partial charge on any atom is -0.236 e. The average Bonchev–Trinajstić information content (AvgIpc) is 2.38. The topological polar surface area (TPSA) is 25.8 Å². The van der Waals surface area contributed by atoms with Gasteiger partial charge in [-0.2, -0.15) is 0 Å². The van der Waals surface area contributed by atoms with Crippen LogP contribution < -0.4 is 0 Å². The molecule has 1 aromatic carbocycles. The zero-order valence-corrected chi connectivity index (χ0v) is 10.9. The highest BCUT2D eigenvalue weighted by atomic mass is 14.9. The van der Waals surface area contributed by atoms with Crippen molar-refractivity contribution >= 4 is 0 Å². The van der Waals surface area contributed by atoms with Crippen LogP contribution in [0.25, 0.3) is 11.4 Å². The molecule has 2 heteroatoms. The Labute approximate surface area is 108 Å². The van der Waals surface area contributed by atoms with Crippen molar-refractivity contribution in [3.8, 4) is 23.7 Å². The fraction of sp³-hybridized carbons (Fsp3) is 0.250. The summed E-state index contributed by atoms with van der Waals surface area (Å²) >= 11 is 0. The smallest absolute Gasteiger partial charge is 0.159 e. The van der Waals surface area contributed by atoms with Crippen molar-refractivity contribution in [1.29, 1.82) is 0 Å². The summed E-state index contributed by atoms with van der Waals surface area (Å²) in [6.07, 6.45) is 9.10. The molecule has 0 N–H and O–H groups in total. The van der Waals surface area contributed by atoms with Gasteiger partial charge in [0, 0.05) is 23.5 Å². The van der Waals surface area contributed by atoms with Gasteiger partial charge in [-0.25, -0.2) is 9.97 Å². The third-order valence-corrected chi connectivity index (χ3v) is 2.83. The SMILES string of the molecule is C#Cc1ccc(-c2ncc(C(C)(C)C)cn2)cc1. The lowest BCUT2D eigenvalue weighted by Gasteiger charge is -2.17. The summed E-state index contributed by atoms with van der Waals surface area (Å²) in [6, 6.07) is 7.69. The van der Waals surface area contributed by atoms with Gasteiger partial charge in [0.05, 0.1) is 0 Å². The molecule has 0 aliphatic heterocycles. The molecule has 0 unspecified atom stereocenters. The van der Waals surface area contributed by atoms with Crippen LogP contribution in [0.4, 0.5) is 0 Å². The van der Waals surface area contributed by atoms with Gasteiger partial charge in [-0.3, -0.25) is 0 Å². The molecule has 2 rings (SSSR count). The molecule has 0 bridgehead atoms. The zero-order chi connectivity index (χ0) is 13.2. The highest BCUT2D eigenvalue weighted by Crippen LogP contribution is 2.22. The largest absolute Gasteiger partial charge is 0.236 e. The molecule has 0 saturated carbocycles. The monoisotopic (exact) mass is 236 g/mol. The molecule has 1 heterocycles. The van der Waals surface area contributed by atoms with E-state index in [9.17, 15) is 0 Å². The number of nitrogens with zero attached hydrogens (tertiary/aromatic N) is 2. The number of benzene rings is 1. The van der Waals surface area contributed by atoms with E-state index in [1.165, 1.54) is 0 Å². The molecular weight excluding hydrogens is 220 g/mol. The molecule has 0 atom stereocenters. The van der Waals surface area contributed by atoms with Gasteiger partial charge in [0.2, 0.25) is 0 Å².